The number of nitrogens with one attached hydrogen (secondary N) is 2. The van der Waals surface area contributed by atoms with Crippen molar-refractivity contribution in [1.82, 2.24) is 10.6 Å². The molecule has 2 aromatic rings. The van der Waals surface area contributed by atoms with Crippen molar-refractivity contribution in [3.63, 3.8) is 0 Å². The molecule has 0 heterocycles. The predicted molar refractivity (Wildman–Crippen MR) is 92.8 cm³/mol. The Kier molecular flexibility index (Phi) is 6.63. The summed E-state index contributed by atoms with van der Waals surface area (Å²) in [4.78, 5) is 23.7. The van der Waals surface area contributed by atoms with Crippen molar-refractivity contribution < 1.29 is 14.3 Å². The van der Waals surface area contributed by atoms with E-state index >= 15 is 0 Å². The Labute approximate surface area is 146 Å². The maximum absolute atomic E-state index is 11.9. The normalized spacial score (nSPS) is 10.1. The number of methoxy groups -OCH3 is 1. The van der Waals surface area contributed by atoms with E-state index in [1.165, 1.54) is 0 Å². The van der Waals surface area contributed by atoms with Crippen molar-refractivity contribution in [3.05, 3.63) is 64.7 Å². The van der Waals surface area contributed by atoms with E-state index in [1.807, 2.05) is 42.5 Å². The number of ether oxygens (including phenoxy) is 1. The Balaban J connectivity index is 1.77. The van der Waals surface area contributed by atoms with Gasteiger partial charge in [-0.1, -0.05) is 48.0 Å². The van der Waals surface area contributed by atoms with Gasteiger partial charge >= 0.3 is 0 Å². The smallest absolute Gasteiger partial charge is 0.229 e. The van der Waals surface area contributed by atoms with Crippen LogP contribution in [0.5, 0.6) is 5.75 Å². The molecule has 0 bridgehead atoms. The highest BCUT2D eigenvalue weighted by Gasteiger charge is 2.10. The van der Waals surface area contributed by atoms with Gasteiger partial charge in [0.2, 0.25) is 11.8 Å². The lowest BCUT2D eigenvalue weighted by Gasteiger charge is -2.10. The van der Waals surface area contributed by atoms with Gasteiger partial charge in [0.05, 0.1) is 7.11 Å². The van der Waals surface area contributed by atoms with Gasteiger partial charge in [0, 0.05) is 23.7 Å². The molecule has 2 aromatic carbocycles. The van der Waals surface area contributed by atoms with Gasteiger partial charge in [-0.2, -0.15) is 0 Å². The standard InChI is InChI=1S/C18H19ClN2O3/c1-24-16-9-5-3-7-14(16)12-21-18(23)10-17(22)20-11-13-6-2-4-8-15(13)19/h2-9H,10-12H2,1H3,(H,20,22)(H,21,23). The molecule has 0 radical (unpaired) electrons. The van der Waals surface area contributed by atoms with Crippen LogP contribution in [-0.2, 0) is 22.7 Å². The monoisotopic (exact) mass is 346 g/mol. The van der Waals surface area contributed by atoms with E-state index in [4.69, 9.17) is 16.3 Å². The van der Waals surface area contributed by atoms with E-state index in [-0.39, 0.29) is 24.8 Å². The molecule has 0 aliphatic heterocycles. The van der Waals surface area contributed by atoms with Crippen LogP contribution in [0.2, 0.25) is 5.02 Å². The summed E-state index contributed by atoms with van der Waals surface area (Å²) in [5.41, 5.74) is 1.66. The molecule has 0 unspecified atom stereocenters. The van der Waals surface area contributed by atoms with Crippen LogP contribution in [0.25, 0.3) is 0 Å². The fourth-order valence-corrected chi connectivity index (χ4v) is 2.35. The Bertz CT molecular complexity index is 719. The quantitative estimate of drug-likeness (QED) is 0.757. The van der Waals surface area contributed by atoms with Crippen molar-refractivity contribution in [1.29, 1.82) is 0 Å². The molecule has 0 aromatic heterocycles. The fourth-order valence-electron chi connectivity index (χ4n) is 2.15. The SMILES string of the molecule is COc1ccccc1CNC(=O)CC(=O)NCc1ccccc1Cl. The van der Waals surface area contributed by atoms with Gasteiger partial charge in [-0.15, -0.1) is 0 Å². The van der Waals surface area contributed by atoms with Crippen LogP contribution < -0.4 is 15.4 Å². The van der Waals surface area contributed by atoms with Crippen molar-refractivity contribution >= 4 is 23.4 Å². The summed E-state index contributed by atoms with van der Waals surface area (Å²) in [6, 6.07) is 14.6. The van der Waals surface area contributed by atoms with Crippen LogP contribution in [0.1, 0.15) is 17.5 Å². The van der Waals surface area contributed by atoms with Crippen molar-refractivity contribution in [2.45, 2.75) is 19.5 Å². The van der Waals surface area contributed by atoms with Crippen LogP contribution in [0.4, 0.5) is 0 Å². The van der Waals surface area contributed by atoms with Gasteiger partial charge < -0.3 is 15.4 Å². The van der Waals surface area contributed by atoms with Gasteiger partial charge in [-0.3, -0.25) is 9.59 Å². The maximum Gasteiger partial charge on any atom is 0.229 e. The average molecular weight is 347 g/mol. The Hall–Kier alpha value is -2.53. The number of para-hydroxylation sites is 1. The molecule has 2 rings (SSSR count). The molecule has 2 N–H and O–H groups in total. The van der Waals surface area contributed by atoms with Crippen molar-refractivity contribution in [2.75, 3.05) is 7.11 Å². The number of hydrogen-bond acceptors (Lipinski definition) is 3. The first-order valence-corrected chi connectivity index (χ1v) is 7.86. The lowest BCUT2D eigenvalue weighted by atomic mass is 10.2. The molecule has 0 spiro atoms. The van der Waals surface area contributed by atoms with Crippen LogP contribution in [0, 0.1) is 0 Å². The van der Waals surface area contributed by atoms with E-state index in [9.17, 15) is 9.59 Å². The fraction of sp³-hybridized carbons (Fsp3) is 0.222. The number of amides is 2. The van der Waals surface area contributed by atoms with Gasteiger partial charge in [0.1, 0.15) is 12.2 Å². The van der Waals surface area contributed by atoms with Crippen molar-refractivity contribution in [3.8, 4) is 5.75 Å². The van der Waals surface area contributed by atoms with Crippen molar-refractivity contribution in [2.24, 2.45) is 0 Å². The molecule has 5 nitrogen and oxygen atoms in total. The molecule has 0 fully saturated rings. The second-order valence-electron chi connectivity index (χ2n) is 5.13. The predicted octanol–water partition coefficient (Wildman–Crippen LogP) is 2.67. The number of carbonyl (C=O) groups excluding carboxylic acids is 2. The highest BCUT2D eigenvalue weighted by Crippen LogP contribution is 2.16. The Morgan fingerprint density at radius 3 is 2.08 bits per heavy atom. The van der Waals surface area contributed by atoms with E-state index in [0.29, 0.717) is 17.3 Å². The first-order chi connectivity index (χ1) is 11.6. The molecule has 0 aliphatic carbocycles. The van der Waals surface area contributed by atoms with Gasteiger partial charge in [-0.25, -0.2) is 0 Å². The third-order valence-electron chi connectivity index (χ3n) is 3.42. The van der Waals surface area contributed by atoms with Crippen LogP contribution in [0.15, 0.2) is 48.5 Å². The lowest BCUT2D eigenvalue weighted by molar-refractivity contribution is -0.129. The summed E-state index contributed by atoms with van der Waals surface area (Å²) in [6.07, 6.45) is -0.237. The number of hydrogen-bond donors (Lipinski definition) is 2. The molecule has 0 saturated heterocycles. The molecular weight excluding hydrogens is 328 g/mol. The molecule has 2 amide bonds. The van der Waals surface area contributed by atoms with Gasteiger partial charge in [0.25, 0.3) is 0 Å². The number of carbonyl (C=O) groups is 2. The second-order valence-corrected chi connectivity index (χ2v) is 5.54. The molecule has 6 heteroatoms. The summed E-state index contributed by atoms with van der Waals surface area (Å²) in [5, 5.41) is 5.97. The molecular formula is C18H19ClN2O3. The summed E-state index contributed by atoms with van der Waals surface area (Å²) in [7, 11) is 1.57. The molecule has 0 atom stereocenters. The van der Waals surface area contributed by atoms with Gasteiger partial charge in [-0.05, 0) is 17.7 Å². The zero-order chi connectivity index (χ0) is 17.4. The summed E-state index contributed by atoms with van der Waals surface area (Å²) in [5.74, 6) is -0.00835. The van der Waals surface area contributed by atoms with Crippen LogP contribution in [-0.4, -0.2) is 18.9 Å². The summed E-state index contributed by atoms with van der Waals surface area (Å²) >= 11 is 6.02. The molecule has 126 valence electrons. The third-order valence-corrected chi connectivity index (χ3v) is 3.79. The Morgan fingerprint density at radius 1 is 0.917 bits per heavy atom. The lowest BCUT2D eigenvalue weighted by Crippen LogP contribution is -2.31. The average Bonchev–Trinajstić information content (AvgIpc) is 2.59. The van der Waals surface area contributed by atoms with E-state index in [2.05, 4.69) is 10.6 Å². The van der Waals surface area contributed by atoms with E-state index in [0.717, 1.165) is 11.1 Å². The number of halogens is 1. The first kappa shape index (κ1) is 17.8. The maximum atomic E-state index is 11.9. The Morgan fingerprint density at radius 2 is 1.46 bits per heavy atom. The minimum absolute atomic E-state index is 0.237. The first-order valence-electron chi connectivity index (χ1n) is 7.49. The van der Waals surface area contributed by atoms with Crippen LogP contribution >= 0.6 is 11.6 Å². The largest absolute Gasteiger partial charge is 0.496 e. The van der Waals surface area contributed by atoms with E-state index < -0.39 is 0 Å². The minimum atomic E-state index is -0.354. The molecule has 24 heavy (non-hydrogen) atoms. The highest BCUT2D eigenvalue weighted by atomic mass is 35.5. The topological polar surface area (TPSA) is 67.4 Å². The highest BCUT2D eigenvalue weighted by molar-refractivity contribution is 6.31. The number of benzene rings is 2. The number of rotatable bonds is 7. The second kappa shape index (κ2) is 8.93. The molecule has 0 saturated carbocycles. The van der Waals surface area contributed by atoms with Crippen LogP contribution in [0.3, 0.4) is 0 Å². The third kappa shape index (κ3) is 5.28. The minimum Gasteiger partial charge on any atom is -0.496 e. The zero-order valence-electron chi connectivity index (χ0n) is 13.3. The summed E-state index contributed by atoms with van der Waals surface area (Å²) < 4.78 is 5.21. The molecule has 0 aliphatic rings. The zero-order valence-corrected chi connectivity index (χ0v) is 14.1. The van der Waals surface area contributed by atoms with Gasteiger partial charge in [0.15, 0.2) is 0 Å². The summed E-state index contributed by atoms with van der Waals surface area (Å²) in [6.45, 7) is 0.596. The van der Waals surface area contributed by atoms with E-state index in [1.54, 1.807) is 13.2 Å².